The zero-order chi connectivity index (χ0) is 19.2. The van der Waals surface area contributed by atoms with Crippen LogP contribution in [0.15, 0.2) is 48.5 Å². The standard InChI is InChI=1S/C21H24FN3O2/c1-16-3-2-4-19(15-16)24-11-13-25(14-12-24)21(27)20(26)23-10-9-17-5-7-18(22)8-6-17/h2-8,15H,9-14H2,1H3,(H,23,26). The number of rotatable bonds is 4. The molecule has 1 heterocycles. The minimum Gasteiger partial charge on any atom is -0.368 e. The highest BCUT2D eigenvalue weighted by molar-refractivity contribution is 6.35. The van der Waals surface area contributed by atoms with Crippen LogP contribution in [-0.4, -0.2) is 49.4 Å². The fourth-order valence-corrected chi connectivity index (χ4v) is 3.18. The first-order valence-electron chi connectivity index (χ1n) is 9.16. The van der Waals surface area contributed by atoms with Crippen molar-refractivity contribution in [2.24, 2.45) is 0 Å². The van der Waals surface area contributed by atoms with Crippen molar-refractivity contribution >= 4 is 17.5 Å². The van der Waals surface area contributed by atoms with Gasteiger partial charge < -0.3 is 15.1 Å². The van der Waals surface area contributed by atoms with Gasteiger partial charge in [0, 0.05) is 38.4 Å². The van der Waals surface area contributed by atoms with Gasteiger partial charge in [0.15, 0.2) is 0 Å². The molecule has 0 aliphatic carbocycles. The maximum absolute atomic E-state index is 12.9. The molecule has 0 radical (unpaired) electrons. The fourth-order valence-electron chi connectivity index (χ4n) is 3.18. The predicted molar refractivity (Wildman–Crippen MR) is 103 cm³/mol. The molecule has 5 nitrogen and oxygen atoms in total. The van der Waals surface area contributed by atoms with Crippen molar-refractivity contribution in [3.8, 4) is 0 Å². The van der Waals surface area contributed by atoms with Crippen molar-refractivity contribution in [1.29, 1.82) is 0 Å². The Kier molecular flexibility index (Phi) is 6.06. The fraction of sp³-hybridized carbons (Fsp3) is 0.333. The molecule has 2 aromatic rings. The Bertz CT molecular complexity index is 799. The van der Waals surface area contributed by atoms with E-state index in [1.807, 2.05) is 6.07 Å². The van der Waals surface area contributed by atoms with Gasteiger partial charge in [-0.15, -0.1) is 0 Å². The number of halogens is 1. The van der Waals surface area contributed by atoms with Crippen molar-refractivity contribution in [2.45, 2.75) is 13.3 Å². The summed E-state index contributed by atoms with van der Waals surface area (Å²) in [5.41, 5.74) is 3.26. The van der Waals surface area contributed by atoms with Crippen LogP contribution in [0.2, 0.25) is 0 Å². The zero-order valence-corrected chi connectivity index (χ0v) is 15.5. The summed E-state index contributed by atoms with van der Waals surface area (Å²) in [6.07, 6.45) is 0.556. The number of amides is 2. The highest BCUT2D eigenvalue weighted by atomic mass is 19.1. The lowest BCUT2D eigenvalue weighted by Crippen LogP contribution is -2.52. The van der Waals surface area contributed by atoms with Crippen LogP contribution in [0.1, 0.15) is 11.1 Å². The van der Waals surface area contributed by atoms with Gasteiger partial charge in [-0.3, -0.25) is 9.59 Å². The monoisotopic (exact) mass is 369 g/mol. The van der Waals surface area contributed by atoms with Gasteiger partial charge in [0.05, 0.1) is 0 Å². The third-order valence-corrected chi connectivity index (χ3v) is 4.74. The molecule has 1 N–H and O–H groups in total. The van der Waals surface area contributed by atoms with Crippen LogP contribution in [0, 0.1) is 12.7 Å². The molecule has 0 saturated carbocycles. The van der Waals surface area contributed by atoms with E-state index in [-0.39, 0.29) is 5.82 Å². The SMILES string of the molecule is Cc1cccc(N2CCN(C(=O)C(=O)NCCc3ccc(F)cc3)CC2)c1. The van der Waals surface area contributed by atoms with Crippen LogP contribution >= 0.6 is 0 Å². The van der Waals surface area contributed by atoms with E-state index in [2.05, 4.69) is 35.3 Å². The molecule has 1 aliphatic heterocycles. The molecule has 142 valence electrons. The van der Waals surface area contributed by atoms with Crippen LogP contribution in [0.25, 0.3) is 0 Å². The van der Waals surface area contributed by atoms with Crippen molar-refractivity contribution in [2.75, 3.05) is 37.6 Å². The van der Waals surface area contributed by atoms with Crippen LogP contribution in [-0.2, 0) is 16.0 Å². The zero-order valence-electron chi connectivity index (χ0n) is 15.5. The summed E-state index contributed by atoms with van der Waals surface area (Å²) in [5.74, 6) is -1.36. The van der Waals surface area contributed by atoms with Crippen molar-refractivity contribution in [3.63, 3.8) is 0 Å². The Labute approximate surface area is 158 Å². The van der Waals surface area contributed by atoms with Gasteiger partial charge in [-0.25, -0.2) is 4.39 Å². The topological polar surface area (TPSA) is 52.7 Å². The lowest BCUT2D eigenvalue weighted by molar-refractivity contribution is -0.146. The first-order chi connectivity index (χ1) is 13.0. The van der Waals surface area contributed by atoms with Crippen molar-refractivity contribution in [3.05, 3.63) is 65.5 Å². The summed E-state index contributed by atoms with van der Waals surface area (Å²) in [7, 11) is 0. The van der Waals surface area contributed by atoms with Crippen molar-refractivity contribution < 1.29 is 14.0 Å². The van der Waals surface area contributed by atoms with Gasteiger partial charge in [-0.2, -0.15) is 0 Å². The smallest absolute Gasteiger partial charge is 0.312 e. The quantitative estimate of drug-likeness (QED) is 0.841. The van der Waals surface area contributed by atoms with E-state index in [9.17, 15) is 14.0 Å². The lowest BCUT2D eigenvalue weighted by atomic mass is 10.1. The van der Waals surface area contributed by atoms with Crippen LogP contribution in [0.4, 0.5) is 10.1 Å². The summed E-state index contributed by atoms with van der Waals surface area (Å²) in [4.78, 5) is 28.3. The van der Waals surface area contributed by atoms with E-state index in [0.717, 1.165) is 11.3 Å². The van der Waals surface area contributed by atoms with Crippen LogP contribution in [0.3, 0.4) is 0 Å². The third kappa shape index (κ3) is 5.06. The van der Waals surface area contributed by atoms with E-state index in [0.29, 0.717) is 39.1 Å². The molecule has 27 heavy (non-hydrogen) atoms. The Morgan fingerprint density at radius 1 is 1.04 bits per heavy atom. The molecular weight excluding hydrogens is 345 g/mol. The second kappa shape index (κ2) is 8.66. The summed E-state index contributed by atoms with van der Waals surface area (Å²) >= 11 is 0. The Morgan fingerprint density at radius 3 is 2.41 bits per heavy atom. The number of anilines is 1. The number of nitrogens with zero attached hydrogens (tertiary/aromatic N) is 2. The highest BCUT2D eigenvalue weighted by Gasteiger charge is 2.25. The van der Waals surface area contributed by atoms with Gasteiger partial charge in [0.1, 0.15) is 5.82 Å². The van der Waals surface area contributed by atoms with E-state index < -0.39 is 11.8 Å². The number of aryl methyl sites for hydroxylation is 1. The number of piperazine rings is 1. The molecule has 0 aromatic heterocycles. The second-order valence-electron chi connectivity index (χ2n) is 6.75. The first-order valence-corrected chi connectivity index (χ1v) is 9.16. The molecule has 0 unspecified atom stereocenters. The molecule has 1 aliphatic rings. The lowest BCUT2D eigenvalue weighted by Gasteiger charge is -2.35. The molecule has 2 aromatic carbocycles. The van der Waals surface area contributed by atoms with E-state index in [1.54, 1.807) is 17.0 Å². The number of nitrogens with one attached hydrogen (secondary N) is 1. The summed E-state index contributed by atoms with van der Waals surface area (Å²) < 4.78 is 12.9. The van der Waals surface area contributed by atoms with Gasteiger partial charge >= 0.3 is 11.8 Å². The molecule has 0 atom stereocenters. The van der Waals surface area contributed by atoms with E-state index in [4.69, 9.17) is 0 Å². The minimum absolute atomic E-state index is 0.289. The Balaban J connectivity index is 1.44. The average Bonchev–Trinajstić information content (AvgIpc) is 2.69. The minimum atomic E-state index is -0.582. The van der Waals surface area contributed by atoms with E-state index >= 15 is 0 Å². The largest absolute Gasteiger partial charge is 0.368 e. The number of benzene rings is 2. The summed E-state index contributed by atoms with van der Waals surface area (Å²) in [5, 5.41) is 2.66. The molecular formula is C21H24FN3O2. The second-order valence-corrected chi connectivity index (χ2v) is 6.75. The third-order valence-electron chi connectivity index (χ3n) is 4.74. The van der Waals surface area contributed by atoms with Gasteiger partial charge in [0.2, 0.25) is 0 Å². The maximum atomic E-state index is 12.9. The Hall–Kier alpha value is -2.89. The molecule has 3 rings (SSSR count). The van der Waals surface area contributed by atoms with Crippen molar-refractivity contribution in [1.82, 2.24) is 10.2 Å². The first kappa shape index (κ1) is 18.9. The number of carbonyl (C=O) groups excluding carboxylic acids is 2. The predicted octanol–water partition coefficient (Wildman–Crippen LogP) is 2.14. The molecule has 0 bridgehead atoms. The average molecular weight is 369 g/mol. The molecule has 6 heteroatoms. The van der Waals surface area contributed by atoms with Gasteiger partial charge in [0.25, 0.3) is 0 Å². The summed E-state index contributed by atoms with van der Waals surface area (Å²) in [6, 6.07) is 14.4. The van der Waals surface area contributed by atoms with Gasteiger partial charge in [-0.05, 0) is 48.7 Å². The number of hydrogen-bond acceptors (Lipinski definition) is 3. The normalized spacial score (nSPS) is 14.1. The van der Waals surface area contributed by atoms with Gasteiger partial charge in [-0.1, -0.05) is 24.3 Å². The maximum Gasteiger partial charge on any atom is 0.312 e. The number of carbonyl (C=O) groups is 2. The van der Waals surface area contributed by atoms with Crippen LogP contribution in [0.5, 0.6) is 0 Å². The molecule has 1 fully saturated rings. The Morgan fingerprint density at radius 2 is 1.74 bits per heavy atom. The molecule has 2 amide bonds. The highest BCUT2D eigenvalue weighted by Crippen LogP contribution is 2.17. The number of hydrogen-bond donors (Lipinski definition) is 1. The van der Waals surface area contributed by atoms with Crippen LogP contribution < -0.4 is 10.2 Å². The summed E-state index contributed by atoms with van der Waals surface area (Å²) in [6.45, 7) is 4.87. The molecule has 0 spiro atoms. The van der Waals surface area contributed by atoms with E-state index in [1.165, 1.54) is 17.7 Å². The molecule has 1 saturated heterocycles.